The summed E-state index contributed by atoms with van der Waals surface area (Å²) < 4.78 is 5.21. The molecule has 0 aromatic heterocycles. The lowest BCUT2D eigenvalue weighted by atomic mass is 10.1. The van der Waals surface area contributed by atoms with Crippen molar-refractivity contribution < 1.29 is 4.74 Å². The molecule has 1 rings (SSSR count). The Bertz CT molecular complexity index is 146. The molecule has 0 radical (unpaired) electrons. The third-order valence-corrected chi connectivity index (χ3v) is 5.60. The van der Waals surface area contributed by atoms with E-state index in [1.807, 2.05) is 7.05 Å². The van der Waals surface area contributed by atoms with Crippen LogP contribution in [0.1, 0.15) is 6.92 Å². The minimum absolute atomic E-state index is 0.498. The lowest BCUT2D eigenvalue weighted by Gasteiger charge is -2.33. The number of nitrogens with one attached hydrogen (secondary N) is 1. The molecule has 0 saturated carbocycles. The Balaban J connectivity index is 2.44. The van der Waals surface area contributed by atoms with Crippen molar-refractivity contribution in [2.75, 3.05) is 32.3 Å². The largest absolute Gasteiger partial charge is 0.383 e. The topological polar surface area (TPSA) is 21.3 Å². The summed E-state index contributed by atoms with van der Waals surface area (Å²) in [6.45, 7) is 3.14. The molecule has 0 bridgehead atoms. The average Bonchev–Trinajstić information content (AvgIpc) is 2.16. The summed E-state index contributed by atoms with van der Waals surface area (Å²) in [6.07, 6.45) is 0. The highest BCUT2D eigenvalue weighted by Crippen LogP contribution is 2.32. The van der Waals surface area contributed by atoms with Crippen molar-refractivity contribution in [3.05, 3.63) is 0 Å². The lowest BCUT2D eigenvalue weighted by molar-refractivity contribution is 0.168. The fourth-order valence-corrected chi connectivity index (χ4v) is 4.60. The normalized spacial score (nSPS) is 31.6. The lowest BCUT2D eigenvalue weighted by Crippen LogP contribution is -2.45. The van der Waals surface area contributed by atoms with E-state index < -0.39 is 0 Å². The first-order valence-electron chi connectivity index (χ1n) is 4.69. The minimum Gasteiger partial charge on any atom is -0.383 e. The number of hydrogen-bond donors (Lipinski definition) is 1. The first-order chi connectivity index (χ1) is 6.29. The van der Waals surface area contributed by atoms with E-state index in [1.165, 1.54) is 11.5 Å². The second-order valence-corrected chi connectivity index (χ2v) is 6.03. The van der Waals surface area contributed by atoms with Crippen LogP contribution >= 0.6 is 23.5 Å². The maximum atomic E-state index is 5.21. The summed E-state index contributed by atoms with van der Waals surface area (Å²) in [5, 5.41) is 4.78. The summed E-state index contributed by atoms with van der Waals surface area (Å²) in [6, 6.07) is 0.498. The number of likely N-dealkylation sites (N-methyl/N-ethyl adjacent to an activating group) is 1. The molecule has 1 aliphatic heterocycles. The number of methoxy groups -OCH3 is 1. The SMILES string of the molecule is CNC(COC)C1SCCSC1C. The van der Waals surface area contributed by atoms with Gasteiger partial charge in [0.25, 0.3) is 0 Å². The van der Waals surface area contributed by atoms with Gasteiger partial charge in [0.1, 0.15) is 0 Å². The number of ether oxygens (including phenoxy) is 1. The van der Waals surface area contributed by atoms with Gasteiger partial charge in [-0.3, -0.25) is 0 Å². The number of thioether (sulfide) groups is 2. The maximum Gasteiger partial charge on any atom is 0.0627 e. The summed E-state index contributed by atoms with van der Waals surface area (Å²) in [7, 11) is 3.80. The molecular formula is C9H19NOS2. The van der Waals surface area contributed by atoms with E-state index in [2.05, 4.69) is 35.8 Å². The van der Waals surface area contributed by atoms with Crippen molar-refractivity contribution in [1.82, 2.24) is 5.32 Å². The first kappa shape index (κ1) is 11.7. The van der Waals surface area contributed by atoms with E-state index in [0.29, 0.717) is 11.3 Å². The minimum atomic E-state index is 0.498. The van der Waals surface area contributed by atoms with E-state index in [0.717, 1.165) is 11.9 Å². The Hall–Kier alpha value is 0.620. The summed E-state index contributed by atoms with van der Waals surface area (Å²) in [5.41, 5.74) is 0. The highest BCUT2D eigenvalue weighted by molar-refractivity contribution is 8.07. The van der Waals surface area contributed by atoms with Crippen LogP contribution in [0, 0.1) is 0 Å². The molecule has 0 amide bonds. The predicted octanol–water partition coefficient (Wildman–Crippen LogP) is 1.46. The molecule has 3 atom stereocenters. The maximum absolute atomic E-state index is 5.21. The van der Waals surface area contributed by atoms with Crippen molar-refractivity contribution >= 4 is 23.5 Å². The molecule has 2 nitrogen and oxygen atoms in total. The molecule has 0 aromatic rings. The molecule has 1 saturated heterocycles. The quantitative estimate of drug-likeness (QED) is 0.775. The molecule has 1 heterocycles. The average molecular weight is 221 g/mol. The van der Waals surface area contributed by atoms with E-state index >= 15 is 0 Å². The number of hydrogen-bond acceptors (Lipinski definition) is 4. The van der Waals surface area contributed by atoms with E-state index in [-0.39, 0.29) is 0 Å². The van der Waals surface area contributed by atoms with Gasteiger partial charge in [0.15, 0.2) is 0 Å². The van der Waals surface area contributed by atoms with Crippen LogP contribution in [0.3, 0.4) is 0 Å². The summed E-state index contributed by atoms with van der Waals surface area (Å²) in [5.74, 6) is 2.58. The standard InChI is InChI=1S/C9H19NOS2/c1-7-9(13-5-4-12-7)8(10-2)6-11-3/h7-10H,4-6H2,1-3H3. The van der Waals surface area contributed by atoms with Gasteiger partial charge in [-0.25, -0.2) is 0 Å². The van der Waals surface area contributed by atoms with Crippen molar-refractivity contribution in [3.8, 4) is 0 Å². The molecule has 0 aliphatic carbocycles. The van der Waals surface area contributed by atoms with Crippen molar-refractivity contribution in [2.45, 2.75) is 23.5 Å². The van der Waals surface area contributed by atoms with Crippen LogP contribution in [0.5, 0.6) is 0 Å². The Labute approximate surface area is 89.6 Å². The highest BCUT2D eigenvalue weighted by Gasteiger charge is 2.29. The van der Waals surface area contributed by atoms with Gasteiger partial charge in [0.2, 0.25) is 0 Å². The molecule has 0 aromatic carbocycles. The summed E-state index contributed by atoms with van der Waals surface area (Å²) in [4.78, 5) is 0. The van der Waals surface area contributed by atoms with Crippen LogP contribution in [0.4, 0.5) is 0 Å². The highest BCUT2D eigenvalue weighted by atomic mass is 32.2. The Kier molecular flexibility index (Phi) is 5.55. The van der Waals surface area contributed by atoms with Gasteiger partial charge >= 0.3 is 0 Å². The zero-order chi connectivity index (χ0) is 9.68. The van der Waals surface area contributed by atoms with Crippen LogP contribution in [0.15, 0.2) is 0 Å². The molecule has 13 heavy (non-hydrogen) atoms. The zero-order valence-electron chi connectivity index (χ0n) is 8.58. The third-order valence-electron chi connectivity index (χ3n) is 2.35. The van der Waals surface area contributed by atoms with E-state index in [9.17, 15) is 0 Å². The molecular weight excluding hydrogens is 202 g/mol. The van der Waals surface area contributed by atoms with Gasteiger partial charge in [0.05, 0.1) is 6.61 Å². The Morgan fingerprint density at radius 3 is 2.69 bits per heavy atom. The molecule has 3 unspecified atom stereocenters. The van der Waals surface area contributed by atoms with Crippen LogP contribution in [-0.4, -0.2) is 48.8 Å². The molecule has 4 heteroatoms. The molecule has 1 N–H and O–H groups in total. The Morgan fingerprint density at radius 2 is 2.15 bits per heavy atom. The predicted molar refractivity (Wildman–Crippen MR) is 62.9 cm³/mol. The van der Waals surface area contributed by atoms with Crippen LogP contribution < -0.4 is 5.32 Å². The molecule has 0 spiro atoms. The second kappa shape index (κ2) is 6.17. The molecule has 1 aliphatic rings. The molecule has 1 fully saturated rings. The van der Waals surface area contributed by atoms with Crippen LogP contribution in [-0.2, 0) is 4.74 Å². The molecule has 78 valence electrons. The van der Waals surface area contributed by atoms with E-state index in [4.69, 9.17) is 4.74 Å². The van der Waals surface area contributed by atoms with Gasteiger partial charge in [-0.1, -0.05) is 6.92 Å². The van der Waals surface area contributed by atoms with Gasteiger partial charge < -0.3 is 10.1 Å². The third kappa shape index (κ3) is 3.35. The van der Waals surface area contributed by atoms with Gasteiger partial charge in [-0.15, -0.1) is 0 Å². The van der Waals surface area contributed by atoms with Crippen molar-refractivity contribution in [2.24, 2.45) is 0 Å². The Morgan fingerprint density at radius 1 is 1.46 bits per heavy atom. The van der Waals surface area contributed by atoms with E-state index in [1.54, 1.807) is 7.11 Å². The van der Waals surface area contributed by atoms with Crippen LogP contribution in [0.2, 0.25) is 0 Å². The van der Waals surface area contributed by atoms with Gasteiger partial charge in [-0.05, 0) is 7.05 Å². The monoisotopic (exact) mass is 221 g/mol. The first-order valence-corrected chi connectivity index (χ1v) is 6.78. The fraction of sp³-hybridized carbons (Fsp3) is 1.00. The zero-order valence-corrected chi connectivity index (χ0v) is 10.2. The van der Waals surface area contributed by atoms with Crippen molar-refractivity contribution in [1.29, 1.82) is 0 Å². The van der Waals surface area contributed by atoms with Gasteiger partial charge in [0, 0.05) is 35.2 Å². The summed E-state index contributed by atoms with van der Waals surface area (Å²) >= 11 is 4.16. The number of rotatable bonds is 4. The fourth-order valence-electron chi connectivity index (χ4n) is 1.61. The smallest absolute Gasteiger partial charge is 0.0627 e. The van der Waals surface area contributed by atoms with Gasteiger partial charge in [-0.2, -0.15) is 23.5 Å². The van der Waals surface area contributed by atoms with Crippen molar-refractivity contribution in [3.63, 3.8) is 0 Å². The van der Waals surface area contributed by atoms with Crippen LogP contribution in [0.25, 0.3) is 0 Å². The second-order valence-electron chi connectivity index (χ2n) is 3.26.